The van der Waals surface area contributed by atoms with Crippen LogP contribution in [0.2, 0.25) is 0 Å². The summed E-state index contributed by atoms with van der Waals surface area (Å²) in [6.07, 6.45) is 5.18. The number of amides is 1. The topological polar surface area (TPSA) is 66.9 Å². The quantitative estimate of drug-likeness (QED) is 0.884. The third-order valence-corrected chi connectivity index (χ3v) is 3.93. The Bertz CT molecular complexity index is 640. The van der Waals surface area contributed by atoms with Crippen LogP contribution in [-0.2, 0) is 4.79 Å². The predicted molar refractivity (Wildman–Crippen MR) is 81.5 cm³/mol. The van der Waals surface area contributed by atoms with Crippen LogP contribution in [0.5, 0.6) is 0 Å². The van der Waals surface area contributed by atoms with Crippen LogP contribution in [0.4, 0.5) is 5.82 Å². The zero-order valence-electron chi connectivity index (χ0n) is 10.9. The first kappa shape index (κ1) is 13.5. The van der Waals surface area contributed by atoms with E-state index in [1.165, 1.54) is 0 Å². The van der Waals surface area contributed by atoms with Crippen molar-refractivity contribution in [2.45, 2.75) is 12.8 Å². The number of piperidine rings is 1. The van der Waals surface area contributed by atoms with Gasteiger partial charge in [0.1, 0.15) is 5.82 Å². The normalized spacial score (nSPS) is 16.2. The summed E-state index contributed by atoms with van der Waals surface area (Å²) in [4.78, 5) is 20.7. The monoisotopic (exact) mass is 334 g/mol. The summed E-state index contributed by atoms with van der Waals surface area (Å²) >= 11 is 3.39. The number of halogens is 1. The summed E-state index contributed by atoms with van der Waals surface area (Å²) in [5, 5.41) is 7.11. The average molecular weight is 335 g/mol. The van der Waals surface area contributed by atoms with Crippen molar-refractivity contribution in [3.63, 3.8) is 0 Å². The van der Waals surface area contributed by atoms with Crippen molar-refractivity contribution in [1.82, 2.24) is 15.3 Å². The molecule has 0 unspecified atom stereocenters. The number of nitrogens with one attached hydrogen (secondary N) is 2. The Morgan fingerprint density at radius 2 is 2.05 bits per heavy atom. The lowest BCUT2D eigenvalue weighted by Crippen LogP contribution is -2.34. The number of nitrogens with zero attached hydrogens (tertiary/aromatic N) is 2. The van der Waals surface area contributed by atoms with Gasteiger partial charge in [-0.25, -0.2) is 4.98 Å². The van der Waals surface area contributed by atoms with Gasteiger partial charge in [-0.15, -0.1) is 0 Å². The fourth-order valence-electron chi connectivity index (χ4n) is 2.38. The van der Waals surface area contributed by atoms with Crippen molar-refractivity contribution >= 4 is 38.6 Å². The molecule has 0 saturated carbocycles. The molecule has 0 aliphatic carbocycles. The summed E-state index contributed by atoms with van der Waals surface area (Å²) in [6, 6.07) is 3.82. The summed E-state index contributed by atoms with van der Waals surface area (Å²) in [5.41, 5.74) is 0.813. The molecule has 3 heterocycles. The maximum atomic E-state index is 12.2. The van der Waals surface area contributed by atoms with E-state index < -0.39 is 0 Å². The average Bonchev–Trinajstić information content (AvgIpc) is 2.47. The lowest BCUT2D eigenvalue weighted by Gasteiger charge is -2.21. The van der Waals surface area contributed by atoms with E-state index in [2.05, 4.69) is 36.5 Å². The molecule has 3 rings (SSSR count). The SMILES string of the molecule is O=C(Nc1cc2cc(Br)cnc2cn1)C1CCNCC1. The Hall–Kier alpha value is -1.53. The molecule has 6 heteroatoms. The summed E-state index contributed by atoms with van der Waals surface area (Å²) < 4.78 is 0.909. The van der Waals surface area contributed by atoms with Crippen LogP contribution in [0.1, 0.15) is 12.8 Å². The first-order valence-electron chi connectivity index (χ1n) is 6.65. The molecule has 1 aliphatic heterocycles. The molecule has 0 aromatic carbocycles. The van der Waals surface area contributed by atoms with Crippen molar-refractivity contribution in [1.29, 1.82) is 0 Å². The zero-order chi connectivity index (χ0) is 13.9. The molecule has 2 N–H and O–H groups in total. The lowest BCUT2D eigenvalue weighted by molar-refractivity contribution is -0.120. The maximum Gasteiger partial charge on any atom is 0.228 e. The molecule has 0 atom stereocenters. The molecule has 1 amide bonds. The van der Waals surface area contributed by atoms with Crippen LogP contribution in [-0.4, -0.2) is 29.0 Å². The molecular formula is C14H15BrN4O. The maximum absolute atomic E-state index is 12.2. The Morgan fingerprint density at radius 1 is 1.25 bits per heavy atom. The van der Waals surface area contributed by atoms with E-state index in [9.17, 15) is 4.79 Å². The number of rotatable bonds is 2. The molecular weight excluding hydrogens is 320 g/mol. The van der Waals surface area contributed by atoms with Gasteiger partial charge < -0.3 is 10.6 Å². The highest BCUT2D eigenvalue weighted by Gasteiger charge is 2.21. The van der Waals surface area contributed by atoms with E-state index in [-0.39, 0.29) is 11.8 Å². The highest BCUT2D eigenvalue weighted by Crippen LogP contribution is 2.20. The van der Waals surface area contributed by atoms with Gasteiger partial charge in [0.25, 0.3) is 0 Å². The molecule has 1 saturated heterocycles. The first-order chi connectivity index (χ1) is 9.72. The third-order valence-electron chi connectivity index (χ3n) is 3.50. The molecule has 5 nitrogen and oxygen atoms in total. The minimum absolute atomic E-state index is 0.0568. The van der Waals surface area contributed by atoms with E-state index in [1.807, 2.05) is 12.1 Å². The van der Waals surface area contributed by atoms with Gasteiger partial charge in [0.05, 0.1) is 11.7 Å². The van der Waals surface area contributed by atoms with E-state index in [0.717, 1.165) is 41.3 Å². The minimum Gasteiger partial charge on any atom is -0.317 e. The fraction of sp³-hybridized carbons (Fsp3) is 0.357. The van der Waals surface area contributed by atoms with Gasteiger partial charge in [0.2, 0.25) is 5.91 Å². The number of aromatic nitrogens is 2. The molecule has 2 aromatic rings. The Labute approximate surface area is 125 Å². The molecule has 1 fully saturated rings. The second kappa shape index (κ2) is 5.85. The lowest BCUT2D eigenvalue weighted by atomic mass is 9.97. The van der Waals surface area contributed by atoms with Crippen LogP contribution >= 0.6 is 15.9 Å². The second-order valence-electron chi connectivity index (χ2n) is 4.93. The van der Waals surface area contributed by atoms with E-state index in [4.69, 9.17) is 0 Å². The standard InChI is InChI=1S/C14H15BrN4O/c15-11-5-10-6-13(18-8-12(10)17-7-11)19-14(20)9-1-3-16-4-2-9/h5-9,16H,1-4H2,(H,18,19,20). The van der Waals surface area contributed by atoms with E-state index in [0.29, 0.717) is 5.82 Å². The molecule has 20 heavy (non-hydrogen) atoms. The number of anilines is 1. The molecule has 0 radical (unpaired) electrons. The van der Waals surface area contributed by atoms with Gasteiger partial charge in [-0.05, 0) is 54.0 Å². The highest BCUT2D eigenvalue weighted by molar-refractivity contribution is 9.10. The van der Waals surface area contributed by atoms with Gasteiger partial charge in [0, 0.05) is 22.0 Å². The molecule has 2 aromatic heterocycles. The summed E-state index contributed by atoms with van der Waals surface area (Å²) in [5.74, 6) is 0.719. The van der Waals surface area contributed by atoms with Crippen LogP contribution in [0.25, 0.3) is 10.9 Å². The minimum atomic E-state index is 0.0568. The number of fused-ring (bicyclic) bond motifs is 1. The van der Waals surface area contributed by atoms with Crippen LogP contribution in [0.15, 0.2) is 29.0 Å². The Balaban J connectivity index is 1.78. The predicted octanol–water partition coefficient (Wildman–Crippen LogP) is 2.33. The van der Waals surface area contributed by atoms with Gasteiger partial charge in [-0.1, -0.05) is 0 Å². The highest BCUT2D eigenvalue weighted by atomic mass is 79.9. The van der Waals surface area contributed by atoms with Gasteiger partial charge in [-0.3, -0.25) is 9.78 Å². The van der Waals surface area contributed by atoms with Crippen LogP contribution in [0, 0.1) is 5.92 Å². The number of carbonyl (C=O) groups excluding carboxylic acids is 1. The number of hydrogen-bond donors (Lipinski definition) is 2. The fourth-order valence-corrected chi connectivity index (χ4v) is 2.73. The molecule has 0 bridgehead atoms. The largest absolute Gasteiger partial charge is 0.317 e. The Kier molecular flexibility index (Phi) is 3.93. The molecule has 0 spiro atoms. The third kappa shape index (κ3) is 2.96. The zero-order valence-corrected chi connectivity index (χ0v) is 12.5. The second-order valence-corrected chi connectivity index (χ2v) is 5.84. The van der Waals surface area contributed by atoms with E-state index in [1.54, 1.807) is 12.4 Å². The van der Waals surface area contributed by atoms with Crippen LogP contribution in [0.3, 0.4) is 0 Å². The molecule has 104 valence electrons. The van der Waals surface area contributed by atoms with E-state index >= 15 is 0 Å². The number of carbonyl (C=O) groups is 1. The van der Waals surface area contributed by atoms with Crippen molar-refractivity contribution in [2.24, 2.45) is 5.92 Å². The van der Waals surface area contributed by atoms with Crippen LogP contribution < -0.4 is 10.6 Å². The molecule has 1 aliphatic rings. The smallest absolute Gasteiger partial charge is 0.228 e. The van der Waals surface area contributed by atoms with Gasteiger partial charge in [0.15, 0.2) is 0 Å². The van der Waals surface area contributed by atoms with Crippen molar-refractivity contribution in [2.75, 3.05) is 18.4 Å². The van der Waals surface area contributed by atoms with Crippen molar-refractivity contribution in [3.8, 4) is 0 Å². The number of hydrogen-bond acceptors (Lipinski definition) is 4. The summed E-state index contributed by atoms with van der Waals surface area (Å²) in [6.45, 7) is 1.81. The first-order valence-corrected chi connectivity index (χ1v) is 7.44. The Morgan fingerprint density at radius 3 is 2.85 bits per heavy atom. The van der Waals surface area contributed by atoms with Crippen molar-refractivity contribution in [3.05, 3.63) is 29.0 Å². The van der Waals surface area contributed by atoms with Gasteiger partial charge >= 0.3 is 0 Å². The number of pyridine rings is 2. The van der Waals surface area contributed by atoms with Crippen molar-refractivity contribution < 1.29 is 4.79 Å². The van der Waals surface area contributed by atoms with Gasteiger partial charge in [-0.2, -0.15) is 0 Å². The summed E-state index contributed by atoms with van der Waals surface area (Å²) in [7, 11) is 0.